The first kappa shape index (κ1) is 16.1. The number of hydrogen-bond acceptors (Lipinski definition) is 3. The van der Waals surface area contributed by atoms with Crippen LogP contribution in [0.4, 0.5) is 4.39 Å². The van der Waals surface area contributed by atoms with E-state index in [0.29, 0.717) is 0 Å². The molecule has 0 fully saturated rings. The lowest BCUT2D eigenvalue weighted by Gasteiger charge is -2.17. The number of aliphatic carboxylic acids is 1. The van der Waals surface area contributed by atoms with Crippen molar-refractivity contribution in [2.45, 2.75) is 36.6 Å². The van der Waals surface area contributed by atoms with E-state index in [9.17, 15) is 17.6 Å². The van der Waals surface area contributed by atoms with Crippen molar-refractivity contribution in [1.29, 1.82) is 0 Å². The van der Waals surface area contributed by atoms with Gasteiger partial charge in [-0.15, -0.1) is 0 Å². The molecule has 0 bridgehead atoms. The van der Waals surface area contributed by atoms with Gasteiger partial charge in [0.2, 0.25) is 5.67 Å². The lowest BCUT2D eigenvalue weighted by atomic mass is 9.98. The van der Waals surface area contributed by atoms with Crippen molar-refractivity contribution in [3.63, 3.8) is 0 Å². The summed E-state index contributed by atoms with van der Waals surface area (Å²) in [6.45, 7) is 3.98. The van der Waals surface area contributed by atoms with E-state index in [2.05, 4.69) is 15.9 Å². The first-order valence-corrected chi connectivity index (χ1v) is 7.81. The number of halogens is 2. The van der Waals surface area contributed by atoms with Crippen LogP contribution < -0.4 is 0 Å². The molecule has 1 rings (SSSR count). The van der Waals surface area contributed by atoms with Crippen LogP contribution in [0.5, 0.6) is 0 Å². The highest BCUT2D eigenvalue weighted by atomic mass is 79.9. The van der Waals surface area contributed by atoms with Crippen LogP contribution in [0.1, 0.15) is 26.3 Å². The molecule has 0 saturated carbocycles. The highest BCUT2D eigenvalue weighted by molar-refractivity contribution is 9.10. The van der Waals surface area contributed by atoms with Gasteiger partial charge in [0.15, 0.2) is 9.84 Å². The molecule has 1 aromatic rings. The molecule has 4 nitrogen and oxygen atoms in total. The van der Waals surface area contributed by atoms with E-state index in [1.54, 1.807) is 0 Å². The lowest BCUT2D eigenvalue weighted by molar-refractivity contribution is -0.150. The second-order valence-electron chi connectivity index (χ2n) is 4.55. The minimum absolute atomic E-state index is 0.0208. The minimum atomic E-state index is -3.51. The van der Waals surface area contributed by atoms with E-state index >= 15 is 0 Å². The highest BCUT2D eigenvalue weighted by Crippen LogP contribution is 2.32. The topological polar surface area (TPSA) is 71.4 Å². The number of rotatable bonds is 4. The second kappa shape index (κ2) is 5.20. The molecular formula is C12H14BrFO4S. The van der Waals surface area contributed by atoms with Gasteiger partial charge in [0.05, 0.1) is 10.1 Å². The summed E-state index contributed by atoms with van der Waals surface area (Å²) in [4.78, 5) is 10.8. The van der Waals surface area contributed by atoms with Gasteiger partial charge in [-0.2, -0.15) is 0 Å². The lowest BCUT2D eigenvalue weighted by Crippen LogP contribution is -2.27. The van der Waals surface area contributed by atoms with Crippen molar-refractivity contribution in [3.05, 3.63) is 28.2 Å². The van der Waals surface area contributed by atoms with Crippen molar-refractivity contribution in [2.24, 2.45) is 0 Å². The van der Waals surface area contributed by atoms with Gasteiger partial charge in [0.25, 0.3) is 0 Å². The average molecular weight is 353 g/mol. The first-order valence-electron chi connectivity index (χ1n) is 5.47. The van der Waals surface area contributed by atoms with Gasteiger partial charge in [-0.3, -0.25) is 0 Å². The molecule has 1 unspecified atom stereocenters. The predicted octanol–water partition coefficient (Wildman–Crippen LogP) is 2.90. The van der Waals surface area contributed by atoms with Crippen LogP contribution in [-0.4, -0.2) is 24.7 Å². The number of sulfone groups is 1. The molecule has 1 N–H and O–H groups in total. The van der Waals surface area contributed by atoms with Crippen molar-refractivity contribution in [1.82, 2.24) is 0 Å². The Labute approximate surface area is 119 Å². The summed E-state index contributed by atoms with van der Waals surface area (Å²) < 4.78 is 38.1. The third-order valence-corrected chi connectivity index (χ3v) is 5.93. The second-order valence-corrected chi connectivity index (χ2v) is 7.87. The summed E-state index contributed by atoms with van der Waals surface area (Å²) in [5, 5.41) is 8.17. The molecule has 1 atom stereocenters. The SMILES string of the molecule is CC(C)S(=O)(=O)c1ccc(C(C)(F)C(=O)O)cc1Br. The molecule has 1 aromatic carbocycles. The standard InChI is InChI=1S/C12H14BrFO4S/c1-7(2)19(17,18)10-5-4-8(6-9(10)13)12(3,14)11(15)16/h4-7H,1-3H3,(H,15,16). The van der Waals surface area contributed by atoms with Crippen LogP contribution in [-0.2, 0) is 20.3 Å². The molecule has 0 radical (unpaired) electrons. The van der Waals surface area contributed by atoms with Gasteiger partial charge in [-0.1, -0.05) is 6.07 Å². The summed E-state index contributed by atoms with van der Waals surface area (Å²) in [5.41, 5.74) is -2.68. The van der Waals surface area contributed by atoms with E-state index in [-0.39, 0.29) is 14.9 Å². The van der Waals surface area contributed by atoms with Crippen LogP contribution in [0, 0.1) is 0 Å². The Bertz CT molecular complexity index is 608. The predicted molar refractivity (Wildman–Crippen MR) is 72.6 cm³/mol. The Hall–Kier alpha value is -0.950. The fourth-order valence-corrected chi connectivity index (χ4v) is 3.55. The molecule has 0 aliphatic rings. The molecule has 0 aliphatic carbocycles. The normalized spacial score (nSPS) is 15.3. The van der Waals surface area contributed by atoms with E-state index in [0.717, 1.165) is 6.92 Å². The number of hydrogen-bond donors (Lipinski definition) is 1. The van der Waals surface area contributed by atoms with Crippen LogP contribution in [0.2, 0.25) is 0 Å². The Balaban J connectivity index is 3.39. The van der Waals surface area contributed by atoms with Gasteiger partial charge in [-0.05, 0) is 48.8 Å². The van der Waals surface area contributed by atoms with Gasteiger partial charge in [-0.25, -0.2) is 17.6 Å². The summed E-state index contributed by atoms with van der Waals surface area (Å²) in [6, 6.07) is 3.58. The molecule has 0 amide bonds. The molecule has 0 spiro atoms. The maximum atomic E-state index is 13.9. The number of carboxylic acid groups (broad SMARTS) is 1. The number of alkyl halides is 1. The van der Waals surface area contributed by atoms with Gasteiger partial charge in [0, 0.05) is 10.0 Å². The van der Waals surface area contributed by atoms with Crippen molar-refractivity contribution in [3.8, 4) is 0 Å². The number of carbonyl (C=O) groups is 1. The number of benzene rings is 1. The molecule has 0 saturated heterocycles. The van der Waals surface area contributed by atoms with Crippen molar-refractivity contribution < 1.29 is 22.7 Å². The van der Waals surface area contributed by atoms with E-state index in [1.165, 1.54) is 32.0 Å². The summed E-state index contributed by atoms with van der Waals surface area (Å²) >= 11 is 3.05. The van der Waals surface area contributed by atoms with Gasteiger partial charge in [0.1, 0.15) is 0 Å². The summed E-state index contributed by atoms with van der Waals surface area (Å²) in [7, 11) is -3.51. The van der Waals surface area contributed by atoms with Crippen LogP contribution >= 0.6 is 15.9 Å². The van der Waals surface area contributed by atoms with Crippen LogP contribution in [0.3, 0.4) is 0 Å². The maximum Gasteiger partial charge on any atom is 0.345 e. The third-order valence-electron chi connectivity index (χ3n) is 2.80. The highest BCUT2D eigenvalue weighted by Gasteiger charge is 2.36. The van der Waals surface area contributed by atoms with Crippen molar-refractivity contribution >= 4 is 31.7 Å². The quantitative estimate of drug-likeness (QED) is 0.904. The Morgan fingerprint density at radius 2 is 1.95 bits per heavy atom. The monoisotopic (exact) mass is 352 g/mol. The van der Waals surface area contributed by atoms with Gasteiger partial charge >= 0.3 is 5.97 Å². The molecule has 0 aliphatic heterocycles. The average Bonchev–Trinajstić information content (AvgIpc) is 2.27. The zero-order valence-corrected chi connectivity index (χ0v) is 13.0. The third kappa shape index (κ3) is 2.97. The fourth-order valence-electron chi connectivity index (χ4n) is 1.40. The Kier molecular flexibility index (Phi) is 4.41. The van der Waals surface area contributed by atoms with Crippen LogP contribution in [0.25, 0.3) is 0 Å². The smallest absolute Gasteiger partial charge is 0.345 e. The van der Waals surface area contributed by atoms with E-state index < -0.39 is 26.7 Å². The molecule has 19 heavy (non-hydrogen) atoms. The first-order chi connectivity index (χ1) is 8.51. The molecular weight excluding hydrogens is 339 g/mol. The van der Waals surface area contributed by atoms with Crippen molar-refractivity contribution in [2.75, 3.05) is 0 Å². The molecule has 106 valence electrons. The van der Waals surface area contributed by atoms with E-state index in [1.807, 2.05) is 0 Å². The Morgan fingerprint density at radius 3 is 2.32 bits per heavy atom. The summed E-state index contributed by atoms with van der Waals surface area (Å²) in [6.07, 6.45) is 0. The zero-order valence-electron chi connectivity index (χ0n) is 10.6. The minimum Gasteiger partial charge on any atom is -0.479 e. The fraction of sp³-hybridized carbons (Fsp3) is 0.417. The Morgan fingerprint density at radius 1 is 1.42 bits per heavy atom. The van der Waals surface area contributed by atoms with Crippen LogP contribution in [0.15, 0.2) is 27.6 Å². The molecule has 7 heteroatoms. The molecule has 0 aromatic heterocycles. The number of carboxylic acids is 1. The van der Waals surface area contributed by atoms with Gasteiger partial charge < -0.3 is 5.11 Å². The zero-order chi connectivity index (χ0) is 15.0. The molecule has 0 heterocycles. The maximum absolute atomic E-state index is 13.9. The van der Waals surface area contributed by atoms with E-state index in [4.69, 9.17) is 5.11 Å². The largest absolute Gasteiger partial charge is 0.479 e. The summed E-state index contributed by atoms with van der Waals surface area (Å²) in [5.74, 6) is -1.63.